The van der Waals surface area contributed by atoms with Crippen molar-refractivity contribution >= 4 is 57.1 Å². The number of carbonyl (C=O) groups excluding carboxylic acids is 1. The topological polar surface area (TPSA) is 76.1 Å². The quantitative estimate of drug-likeness (QED) is 0.487. The molecule has 2 aromatic carbocycles. The van der Waals surface area contributed by atoms with Crippen LogP contribution in [-0.2, 0) is 4.79 Å². The van der Waals surface area contributed by atoms with Crippen LogP contribution in [0.4, 0.5) is 16.5 Å². The molecule has 2 N–H and O–H groups in total. The first-order chi connectivity index (χ1) is 13.4. The van der Waals surface area contributed by atoms with Gasteiger partial charge < -0.3 is 15.4 Å². The van der Waals surface area contributed by atoms with Gasteiger partial charge in [0.1, 0.15) is 5.75 Å². The number of halogens is 1. The van der Waals surface area contributed by atoms with Crippen molar-refractivity contribution in [2.45, 2.75) is 23.4 Å². The van der Waals surface area contributed by atoms with E-state index in [2.05, 4.69) is 20.8 Å². The molecule has 0 aliphatic carbocycles. The van der Waals surface area contributed by atoms with Crippen molar-refractivity contribution in [3.63, 3.8) is 0 Å². The minimum absolute atomic E-state index is 0.172. The summed E-state index contributed by atoms with van der Waals surface area (Å²) in [5.74, 6) is 0.379. The van der Waals surface area contributed by atoms with Crippen LogP contribution in [0.15, 0.2) is 46.8 Å². The van der Waals surface area contributed by atoms with Crippen molar-refractivity contribution in [3.8, 4) is 5.75 Å². The summed E-state index contributed by atoms with van der Waals surface area (Å²) in [5, 5.41) is 15.2. The number of thioether (sulfide) groups is 1. The number of carbonyl (C=O) groups is 1. The van der Waals surface area contributed by atoms with Gasteiger partial charge >= 0.3 is 0 Å². The van der Waals surface area contributed by atoms with Gasteiger partial charge in [-0.1, -0.05) is 46.8 Å². The third kappa shape index (κ3) is 5.37. The van der Waals surface area contributed by atoms with Crippen LogP contribution in [0.2, 0.25) is 5.02 Å². The third-order valence-corrected chi connectivity index (χ3v) is 6.00. The van der Waals surface area contributed by atoms with E-state index >= 15 is 0 Å². The second-order valence-corrected chi connectivity index (χ2v) is 8.96. The molecule has 0 bridgehead atoms. The summed E-state index contributed by atoms with van der Waals surface area (Å²) < 4.78 is 5.96. The van der Waals surface area contributed by atoms with Crippen molar-refractivity contribution < 1.29 is 9.53 Å². The normalized spacial score (nSPS) is 11.7. The Morgan fingerprint density at radius 2 is 2.07 bits per heavy atom. The Hall–Kier alpha value is -2.29. The predicted octanol–water partition coefficient (Wildman–Crippen LogP) is 5.37. The maximum absolute atomic E-state index is 12.5. The third-order valence-electron chi connectivity index (χ3n) is 3.74. The Balaban J connectivity index is 1.62. The summed E-state index contributed by atoms with van der Waals surface area (Å²) in [6.45, 7) is 3.84. The SMILES string of the molecule is COc1ccc(Cl)cc1NC(=O)C(C)Sc1nnc(Nc2cccc(C)c2)s1. The van der Waals surface area contributed by atoms with Gasteiger partial charge in [0, 0.05) is 10.7 Å². The van der Waals surface area contributed by atoms with Gasteiger partial charge in [-0.15, -0.1) is 10.2 Å². The minimum Gasteiger partial charge on any atom is -0.495 e. The van der Waals surface area contributed by atoms with Crippen LogP contribution in [0.5, 0.6) is 5.75 Å². The molecule has 6 nitrogen and oxygen atoms in total. The number of hydrogen-bond acceptors (Lipinski definition) is 7. The fourth-order valence-corrected chi connectivity index (χ4v) is 4.46. The lowest BCUT2D eigenvalue weighted by Crippen LogP contribution is -2.22. The maximum Gasteiger partial charge on any atom is 0.237 e. The summed E-state index contributed by atoms with van der Waals surface area (Å²) in [6.07, 6.45) is 0. The molecule has 0 radical (unpaired) electrons. The molecule has 0 aliphatic rings. The number of aromatic nitrogens is 2. The molecule has 1 heterocycles. The summed E-state index contributed by atoms with van der Waals surface area (Å²) >= 11 is 8.75. The molecule has 1 unspecified atom stereocenters. The van der Waals surface area contributed by atoms with Gasteiger partial charge in [-0.3, -0.25) is 4.79 Å². The van der Waals surface area contributed by atoms with Gasteiger partial charge in [0.05, 0.1) is 18.0 Å². The monoisotopic (exact) mass is 434 g/mol. The van der Waals surface area contributed by atoms with E-state index < -0.39 is 0 Å². The number of methoxy groups -OCH3 is 1. The van der Waals surface area contributed by atoms with E-state index in [0.29, 0.717) is 25.9 Å². The lowest BCUT2D eigenvalue weighted by Gasteiger charge is -2.13. The molecule has 1 amide bonds. The zero-order valence-corrected chi connectivity index (χ0v) is 17.9. The molecule has 0 aliphatic heterocycles. The van der Waals surface area contributed by atoms with Crippen LogP contribution in [0.3, 0.4) is 0 Å². The zero-order valence-electron chi connectivity index (χ0n) is 15.5. The molecular formula is C19H19ClN4O2S2. The number of benzene rings is 2. The molecule has 3 rings (SSSR count). The lowest BCUT2D eigenvalue weighted by molar-refractivity contribution is -0.115. The first-order valence-corrected chi connectivity index (χ1v) is 10.5. The highest BCUT2D eigenvalue weighted by atomic mass is 35.5. The Morgan fingerprint density at radius 3 is 2.82 bits per heavy atom. The molecule has 3 aromatic rings. The van der Waals surface area contributed by atoms with Gasteiger partial charge in [-0.05, 0) is 49.7 Å². The molecule has 9 heteroatoms. The van der Waals surface area contributed by atoms with Crippen molar-refractivity contribution in [1.82, 2.24) is 10.2 Å². The van der Waals surface area contributed by atoms with E-state index in [1.165, 1.54) is 23.1 Å². The first-order valence-electron chi connectivity index (χ1n) is 8.43. The maximum atomic E-state index is 12.5. The van der Waals surface area contributed by atoms with E-state index in [9.17, 15) is 4.79 Å². The largest absolute Gasteiger partial charge is 0.495 e. The zero-order chi connectivity index (χ0) is 20.1. The molecule has 0 saturated carbocycles. The van der Waals surface area contributed by atoms with Gasteiger partial charge in [0.2, 0.25) is 11.0 Å². The summed E-state index contributed by atoms with van der Waals surface area (Å²) in [6, 6.07) is 13.1. The van der Waals surface area contributed by atoms with E-state index in [1.807, 2.05) is 38.1 Å². The number of ether oxygens (including phenoxy) is 1. The smallest absolute Gasteiger partial charge is 0.237 e. The predicted molar refractivity (Wildman–Crippen MR) is 116 cm³/mol. The molecule has 1 atom stereocenters. The molecule has 146 valence electrons. The fourth-order valence-electron chi connectivity index (χ4n) is 2.37. The van der Waals surface area contributed by atoms with Gasteiger partial charge in [0.15, 0.2) is 4.34 Å². The van der Waals surface area contributed by atoms with Crippen molar-refractivity contribution in [3.05, 3.63) is 53.1 Å². The number of nitrogens with one attached hydrogen (secondary N) is 2. The standard InChI is InChI=1S/C19H19ClN4O2S2/c1-11-5-4-6-14(9-11)21-18-23-24-19(28-18)27-12(2)17(25)22-15-10-13(20)7-8-16(15)26-3/h4-10,12H,1-3H3,(H,21,23)(H,22,25). The summed E-state index contributed by atoms with van der Waals surface area (Å²) in [5.41, 5.74) is 2.64. The first kappa shape index (κ1) is 20.4. The van der Waals surface area contributed by atoms with E-state index in [-0.39, 0.29) is 11.2 Å². The van der Waals surface area contributed by atoms with Crippen molar-refractivity contribution in [2.24, 2.45) is 0 Å². The minimum atomic E-state index is -0.372. The van der Waals surface area contributed by atoms with Crippen LogP contribution in [0.1, 0.15) is 12.5 Å². The van der Waals surface area contributed by atoms with E-state index in [4.69, 9.17) is 16.3 Å². The van der Waals surface area contributed by atoms with Crippen LogP contribution in [0, 0.1) is 6.92 Å². The van der Waals surface area contributed by atoms with Gasteiger partial charge in [-0.2, -0.15) is 0 Å². The van der Waals surface area contributed by atoms with Crippen LogP contribution >= 0.6 is 34.7 Å². The fraction of sp³-hybridized carbons (Fsp3) is 0.211. The average Bonchev–Trinajstić information content (AvgIpc) is 3.08. The highest BCUT2D eigenvalue weighted by Crippen LogP contribution is 2.32. The molecule has 28 heavy (non-hydrogen) atoms. The number of hydrogen-bond donors (Lipinski definition) is 2. The number of rotatable bonds is 7. The summed E-state index contributed by atoms with van der Waals surface area (Å²) in [4.78, 5) is 12.5. The molecule has 0 spiro atoms. The highest BCUT2D eigenvalue weighted by molar-refractivity contribution is 8.02. The van der Waals surface area contributed by atoms with Gasteiger partial charge in [0.25, 0.3) is 0 Å². The number of aryl methyl sites for hydroxylation is 1. The van der Waals surface area contributed by atoms with Crippen LogP contribution < -0.4 is 15.4 Å². The second kappa shape index (κ2) is 9.27. The Bertz CT molecular complexity index is 980. The molecule has 0 saturated heterocycles. The Kier molecular flexibility index (Phi) is 6.77. The highest BCUT2D eigenvalue weighted by Gasteiger charge is 2.19. The lowest BCUT2D eigenvalue weighted by atomic mass is 10.2. The van der Waals surface area contributed by atoms with E-state index in [1.54, 1.807) is 25.3 Å². The second-order valence-electron chi connectivity index (χ2n) is 5.96. The summed E-state index contributed by atoms with van der Waals surface area (Å²) in [7, 11) is 1.54. The molecule has 1 aromatic heterocycles. The van der Waals surface area contributed by atoms with Crippen LogP contribution in [-0.4, -0.2) is 28.5 Å². The number of nitrogens with zero attached hydrogens (tertiary/aromatic N) is 2. The molecular weight excluding hydrogens is 416 g/mol. The Labute approximate surface area is 176 Å². The van der Waals surface area contributed by atoms with E-state index in [0.717, 1.165) is 11.3 Å². The molecule has 0 fully saturated rings. The average molecular weight is 435 g/mol. The van der Waals surface area contributed by atoms with Crippen LogP contribution in [0.25, 0.3) is 0 Å². The Morgan fingerprint density at radius 1 is 1.25 bits per heavy atom. The number of anilines is 3. The number of amides is 1. The van der Waals surface area contributed by atoms with Crippen molar-refractivity contribution in [2.75, 3.05) is 17.7 Å². The van der Waals surface area contributed by atoms with Crippen molar-refractivity contribution in [1.29, 1.82) is 0 Å². The van der Waals surface area contributed by atoms with Gasteiger partial charge in [-0.25, -0.2) is 0 Å².